The van der Waals surface area contributed by atoms with E-state index >= 15 is 0 Å². The van der Waals surface area contributed by atoms with Gasteiger partial charge in [0.2, 0.25) is 5.82 Å². The van der Waals surface area contributed by atoms with E-state index in [0.29, 0.717) is 22.8 Å². The van der Waals surface area contributed by atoms with Crippen molar-refractivity contribution < 1.29 is 22.3 Å². The first kappa shape index (κ1) is 21.3. The van der Waals surface area contributed by atoms with Crippen molar-refractivity contribution in [2.75, 3.05) is 11.9 Å². The van der Waals surface area contributed by atoms with Gasteiger partial charge in [-0.15, -0.1) is 10.2 Å². The quantitative estimate of drug-likeness (QED) is 0.392. The molecular weight excluding hydrogens is 426 g/mol. The molecule has 1 N–H and O–H groups in total. The van der Waals surface area contributed by atoms with Gasteiger partial charge in [0.15, 0.2) is 11.6 Å². The largest absolute Gasteiger partial charge is 0.489 e. The van der Waals surface area contributed by atoms with Gasteiger partial charge in [-0.3, -0.25) is 0 Å². The molecule has 0 spiro atoms. The lowest BCUT2D eigenvalue weighted by Crippen LogP contribution is -2.11. The molecule has 0 amide bonds. The maximum absolute atomic E-state index is 13.6. The number of benzene rings is 3. The highest BCUT2D eigenvalue weighted by Crippen LogP contribution is 2.32. The first-order chi connectivity index (χ1) is 15.4. The van der Waals surface area contributed by atoms with Crippen LogP contribution in [0.25, 0.3) is 11.4 Å². The van der Waals surface area contributed by atoms with Crippen molar-refractivity contribution in [1.82, 2.24) is 20.2 Å². The number of para-hydroxylation sites is 2. The highest BCUT2D eigenvalue weighted by molar-refractivity contribution is 5.77. The number of ether oxygens (including phenoxy) is 1. The van der Waals surface area contributed by atoms with Crippen LogP contribution in [0.15, 0.2) is 72.8 Å². The van der Waals surface area contributed by atoms with Gasteiger partial charge in [0.05, 0.1) is 12.1 Å². The zero-order valence-corrected chi connectivity index (χ0v) is 16.6. The molecule has 1 aromatic heterocycles. The van der Waals surface area contributed by atoms with E-state index in [2.05, 4.69) is 20.7 Å². The first-order valence-electron chi connectivity index (χ1n) is 9.59. The lowest BCUT2D eigenvalue weighted by molar-refractivity contribution is -0.137. The van der Waals surface area contributed by atoms with E-state index < -0.39 is 17.6 Å². The number of halogens is 4. The molecule has 0 aliphatic rings. The fourth-order valence-electron chi connectivity index (χ4n) is 2.93. The Bertz CT molecular complexity index is 1190. The van der Waals surface area contributed by atoms with E-state index in [-0.39, 0.29) is 18.9 Å². The number of aromatic nitrogens is 4. The summed E-state index contributed by atoms with van der Waals surface area (Å²) >= 11 is 0. The average Bonchev–Trinajstić information content (AvgIpc) is 3.24. The number of tetrazole rings is 1. The maximum Gasteiger partial charge on any atom is 0.416 e. The molecule has 4 rings (SSSR count). The van der Waals surface area contributed by atoms with E-state index in [1.807, 2.05) is 0 Å². The molecule has 0 saturated carbocycles. The normalized spacial score (nSPS) is 11.4. The van der Waals surface area contributed by atoms with Crippen molar-refractivity contribution in [2.45, 2.75) is 12.7 Å². The summed E-state index contributed by atoms with van der Waals surface area (Å²) in [5.41, 5.74) is 0.984. The van der Waals surface area contributed by atoms with Crippen LogP contribution in [0.4, 0.5) is 28.9 Å². The molecule has 32 heavy (non-hydrogen) atoms. The van der Waals surface area contributed by atoms with Crippen LogP contribution in [0.3, 0.4) is 0 Å². The number of nitrogens with one attached hydrogen (secondary N) is 1. The highest BCUT2D eigenvalue weighted by Gasteiger charge is 2.29. The third kappa shape index (κ3) is 5.02. The first-order valence-corrected chi connectivity index (χ1v) is 9.59. The van der Waals surface area contributed by atoms with E-state index in [9.17, 15) is 17.6 Å². The molecule has 6 nitrogen and oxygen atoms in total. The average molecular weight is 443 g/mol. The Kier molecular flexibility index (Phi) is 6.02. The molecular formula is C22H17F4N5O. The Morgan fingerprint density at radius 3 is 2.38 bits per heavy atom. The molecule has 164 valence electrons. The third-order valence-corrected chi connectivity index (χ3v) is 4.50. The van der Waals surface area contributed by atoms with Crippen LogP contribution in [0.1, 0.15) is 5.56 Å². The minimum atomic E-state index is -4.39. The number of hydrogen-bond donors (Lipinski definition) is 1. The van der Waals surface area contributed by atoms with Gasteiger partial charge in [0.1, 0.15) is 6.61 Å². The highest BCUT2D eigenvalue weighted by atomic mass is 19.4. The van der Waals surface area contributed by atoms with E-state index in [0.717, 1.165) is 12.1 Å². The number of nitrogens with zero attached hydrogens (tertiary/aromatic N) is 4. The van der Waals surface area contributed by atoms with Crippen molar-refractivity contribution in [3.63, 3.8) is 0 Å². The summed E-state index contributed by atoms with van der Waals surface area (Å²) in [7, 11) is 0. The van der Waals surface area contributed by atoms with Crippen molar-refractivity contribution in [1.29, 1.82) is 0 Å². The summed E-state index contributed by atoms with van der Waals surface area (Å²) in [5.74, 6) is 0.00726. The van der Waals surface area contributed by atoms with Gasteiger partial charge in [0, 0.05) is 16.9 Å². The molecule has 10 heteroatoms. The second kappa shape index (κ2) is 9.04. The number of rotatable bonds is 7. The summed E-state index contributed by atoms with van der Waals surface area (Å²) in [6.45, 7) is 0.387. The minimum Gasteiger partial charge on any atom is -0.489 e. The molecule has 1 heterocycles. The molecule has 0 radical (unpaired) electrons. The Hall–Kier alpha value is -3.95. The lowest BCUT2D eigenvalue weighted by atomic mass is 10.1. The topological polar surface area (TPSA) is 64.9 Å². The van der Waals surface area contributed by atoms with E-state index in [4.69, 9.17) is 4.74 Å². The maximum atomic E-state index is 13.6. The van der Waals surface area contributed by atoms with Gasteiger partial charge in [-0.2, -0.15) is 18.0 Å². The van der Waals surface area contributed by atoms with Gasteiger partial charge in [0.25, 0.3) is 0 Å². The molecule has 0 atom stereocenters. The summed E-state index contributed by atoms with van der Waals surface area (Å²) in [6, 6.07) is 17.9. The van der Waals surface area contributed by atoms with Crippen molar-refractivity contribution in [2.24, 2.45) is 0 Å². The minimum absolute atomic E-state index is 0.138. The summed E-state index contributed by atoms with van der Waals surface area (Å²) < 4.78 is 57.3. The van der Waals surface area contributed by atoms with Crippen molar-refractivity contribution >= 4 is 11.4 Å². The molecule has 0 aliphatic heterocycles. The Morgan fingerprint density at radius 1 is 0.906 bits per heavy atom. The Balaban J connectivity index is 1.45. The summed E-state index contributed by atoms with van der Waals surface area (Å²) in [5, 5.41) is 15.4. The second-order valence-electron chi connectivity index (χ2n) is 6.73. The van der Waals surface area contributed by atoms with Crippen LogP contribution in [-0.4, -0.2) is 26.8 Å². The van der Waals surface area contributed by atoms with Gasteiger partial charge in [-0.25, -0.2) is 4.39 Å². The van der Waals surface area contributed by atoms with Crippen LogP contribution < -0.4 is 10.1 Å². The number of hydrogen-bond acceptors (Lipinski definition) is 5. The van der Waals surface area contributed by atoms with Crippen LogP contribution in [0, 0.1) is 5.82 Å². The smallest absolute Gasteiger partial charge is 0.416 e. The molecule has 0 unspecified atom stereocenters. The molecule has 0 bridgehead atoms. The van der Waals surface area contributed by atoms with E-state index in [1.54, 1.807) is 36.4 Å². The number of alkyl halides is 3. The van der Waals surface area contributed by atoms with Crippen LogP contribution in [0.5, 0.6) is 5.75 Å². The Morgan fingerprint density at radius 2 is 1.62 bits per heavy atom. The molecule has 0 fully saturated rings. The van der Waals surface area contributed by atoms with Crippen LogP contribution in [0.2, 0.25) is 0 Å². The zero-order valence-electron chi connectivity index (χ0n) is 16.6. The SMILES string of the molecule is Fc1ccccc1OCCn1nnc(-c2ccccc2Nc2ccc(C(F)(F)F)cc2)n1. The summed E-state index contributed by atoms with van der Waals surface area (Å²) in [4.78, 5) is 1.32. The molecule has 0 aliphatic carbocycles. The van der Waals surface area contributed by atoms with Crippen molar-refractivity contribution in [3.05, 3.63) is 84.2 Å². The van der Waals surface area contributed by atoms with Gasteiger partial charge in [-0.1, -0.05) is 24.3 Å². The van der Waals surface area contributed by atoms with E-state index in [1.165, 1.54) is 29.1 Å². The predicted molar refractivity (Wildman–Crippen MR) is 110 cm³/mol. The predicted octanol–water partition coefficient (Wildman–Crippen LogP) is 5.32. The van der Waals surface area contributed by atoms with Crippen LogP contribution in [-0.2, 0) is 12.7 Å². The summed E-state index contributed by atoms with van der Waals surface area (Å²) in [6.07, 6.45) is -4.39. The fraction of sp³-hybridized carbons (Fsp3) is 0.136. The molecule has 0 saturated heterocycles. The number of anilines is 2. The zero-order chi connectivity index (χ0) is 22.6. The molecule has 4 aromatic rings. The second-order valence-corrected chi connectivity index (χ2v) is 6.73. The van der Waals surface area contributed by atoms with Crippen LogP contribution >= 0.6 is 0 Å². The van der Waals surface area contributed by atoms with Gasteiger partial charge >= 0.3 is 6.18 Å². The standard InChI is InChI=1S/C22H17F4N5O/c23-18-6-2-4-8-20(18)32-14-13-31-29-21(28-30-31)17-5-1-3-7-19(17)27-16-11-9-15(10-12-16)22(24,25)26/h1-12,27H,13-14H2. The fourth-order valence-corrected chi connectivity index (χ4v) is 2.93. The monoisotopic (exact) mass is 443 g/mol. The van der Waals surface area contributed by atoms with Gasteiger partial charge in [-0.05, 0) is 53.7 Å². The Labute approximate surface area is 180 Å². The third-order valence-electron chi connectivity index (χ3n) is 4.50. The lowest BCUT2D eigenvalue weighted by Gasteiger charge is -2.11. The van der Waals surface area contributed by atoms with Gasteiger partial charge < -0.3 is 10.1 Å². The molecule has 3 aromatic carbocycles. The van der Waals surface area contributed by atoms with Crippen molar-refractivity contribution in [3.8, 4) is 17.1 Å².